The van der Waals surface area contributed by atoms with Crippen molar-refractivity contribution < 1.29 is 9.47 Å². The van der Waals surface area contributed by atoms with Gasteiger partial charge in [-0.3, -0.25) is 0 Å². The molecule has 3 aromatic rings. The molecule has 4 heteroatoms. The molecule has 0 aliphatic carbocycles. The summed E-state index contributed by atoms with van der Waals surface area (Å²) in [7, 11) is 0. The maximum absolute atomic E-state index is 6.13. The maximum atomic E-state index is 6.13. The number of anilines is 1. The van der Waals surface area contributed by atoms with Crippen LogP contribution in [0.2, 0.25) is 5.02 Å². The van der Waals surface area contributed by atoms with Crippen molar-refractivity contribution in [1.82, 2.24) is 0 Å². The van der Waals surface area contributed by atoms with E-state index in [0.717, 1.165) is 24.3 Å². The normalized spacial score (nSPS) is 11.6. The van der Waals surface area contributed by atoms with Crippen LogP contribution in [-0.4, -0.2) is 19.3 Å². The van der Waals surface area contributed by atoms with Gasteiger partial charge in [-0.05, 0) is 61.7 Å². The summed E-state index contributed by atoms with van der Waals surface area (Å²) >= 11 is 6.13. The smallest absolute Gasteiger partial charge is 0.138 e. The Morgan fingerprint density at radius 2 is 1.61 bits per heavy atom. The molecular formula is C24H26ClNO2. The number of aryl methyl sites for hydroxylation is 1. The highest BCUT2D eigenvalue weighted by Crippen LogP contribution is 2.24. The largest absolute Gasteiger partial charge is 0.494 e. The van der Waals surface area contributed by atoms with E-state index in [0.29, 0.717) is 23.9 Å². The van der Waals surface area contributed by atoms with Crippen LogP contribution in [0.1, 0.15) is 18.9 Å². The Morgan fingerprint density at radius 3 is 2.36 bits per heavy atom. The van der Waals surface area contributed by atoms with Crippen LogP contribution in [0, 0.1) is 0 Å². The SMILES string of the molecule is CC(CNc1ccc(OCCCc2ccccc2)cc1)Oc1ccccc1Cl. The molecule has 0 spiro atoms. The van der Waals surface area contributed by atoms with Crippen LogP contribution in [0.5, 0.6) is 11.5 Å². The first-order valence-corrected chi connectivity index (χ1v) is 10.0. The number of para-hydroxylation sites is 1. The number of ether oxygens (including phenoxy) is 2. The predicted octanol–water partition coefficient (Wildman–Crippen LogP) is 6.23. The minimum atomic E-state index is -0.00573. The van der Waals surface area contributed by atoms with Crippen molar-refractivity contribution in [2.75, 3.05) is 18.5 Å². The lowest BCUT2D eigenvalue weighted by atomic mass is 10.1. The van der Waals surface area contributed by atoms with Gasteiger partial charge in [0.2, 0.25) is 0 Å². The van der Waals surface area contributed by atoms with Crippen LogP contribution >= 0.6 is 11.6 Å². The Morgan fingerprint density at radius 1 is 0.893 bits per heavy atom. The van der Waals surface area contributed by atoms with Crippen molar-refractivity contribution in [1.29, 1.82) is 0 Å². The molecule has 0 bridgehead atoms. The third-order valence-corrected chi connectivity index (χ3v) is 4.65. The van der Waals surface area contributed by atoms with Gasteiger partial charge in [0.15, 0.2) is 0 Å². The molecule has 0 fully saturated rings. The minimum absolute atomic E-state index is 0.00573. The molecule has 0 amide bonds. The molecule has 1 unspecified atom stereocenters. The summed E-state index contributed by atoms with van der Waals surface area (Å²) in [5.74, 6) is 1.59. The molecule has 0 heterocycles. The Labute approximate surface area is 172 Å². The third kappa shape index (κ3) is 6.50. The van der Waals surface area contributed by atoms with Gasteiger partial charge in [0.1, 0.15) is 17.6 Å². The Kier molecular flexibility index (Phi) is 7.62. The quantitative estimate of drug-likeness (QED) is 0.412. The number of benzene rings is 3. The fourth-order valence-corrected chi connectivity index (χ4v) is 3.02. The summed E-state index contributed by atoms with van der Waals surface area (Å²) in [6.45, 7) is 3.41. The zero-order valence-electron chi connectivity index (χ0n) is 16.1. The summed E-state index contributed by atoms with van der Waals surface area (Å²) in [6.07, 6.45) is 2.03. The van der Waals surface area contributed by atoms with E-state index < -0.39 is 0 Å². The monoisotopic (exact) mass is 395 g/mol. The molecule has 3 nitrogen and oxygen atoms in total. The standard InChI is InChI=1S/C24H26ClNO2/c1-19(28-24-12-6-5-11-23(24)25)18-26-21-13-15-22(16-14-21)27-17-7-10-20-8-3-2-4-9-20/h2-6,8-9,11-16,19,26H,7,10,17-18H2,1H3. The lowest BCUT2D eigenvalue weighted by molar-refractivity contribution is 0.235. The van der Waals surface area contributed by atoms with Gasteiger partial charge in [-0.25, -0.2) is 0 Å². The summed E-state index contributed by atoms with van der Waals surface area (Å²) in [6, 6.07) is 26.0. The van der Waals surface area contributed by atoms with E-state index in [-0.39, 0.29) is 6.10 Å². The molecule has 3 aromatic carbocycles. The molecular weight excluding hydrogens is 370 g/mol. The average molecular weight is 396 g/mol. The molecule has 1 atom stereocenters. The average Bonchev–Trinajstić information content (AvgIpc) is 2.73. The van der Waals surface area contributed by atoms with E-state index in [1.807, 2.05) is 61.5 Å². The van der Waals surface area contributed by atoms with E-state index in [2.05, 4.69) is 29.6 Å². The van der Waals surface area contributed by atoms with Crippen LogP contribution in [0.15, 0.2) is 78.9 Å². The van der Waals surface area contributed by atoms with Crippen molar-refractivity contribution in [2.45, 2.75) is 25.9 Å². The molecule has 0 saturated carbocycles. The molecule has 0 radical (unpaired) electrons. The summed E-state index contributed by atoms with van der Waals surface area (Å²) < 4.78 is 11.7. The van der Waals surface area contributed by atoms with Crippen molar-refractivity contribution in [3.8, 4) is 11.5 Å². The molecule has 146 valence electrons. The summed E-state index contributed by atoms with van der Waals surface area (Å²) in [4.78, 5) is 0. The third-order valence-electron chi connectivity index (χ3n) is 4.33. The molecule has 0 aliphatic rings. The summed E-state index contributed by atoms with van der Waals surface area (Å²) in [5.41, 5.74) is 2.38. The lowest BCUT2D eigenvalue weighted by Crippen LogP contribution is -2.22. The van der Waals surface area contributed by atoms with Gasteiger partial charge in [-0.2, -0.15) is 0 Å². The van der Waals surface area contributed by atoms with Gasteiger partial charge in [-0.1, -0.05) is 54.1 Å². The fraction of sp³-hybridized carbons (Fsp3) is 0.250. The van der Waals surface area contributed by atoms with Gasteiger partial charge in [0.25, 0.3) is 0 Å². The number of nitrogens with one attached hydrogen (secondary N) is 1. The first-order chi connectivity index (χ1) is 13.7. The number of hydrogen-bond donors (Lipinski definition) is 1. The predicted molar refractivity (Wildman–Crippen MR) is 117 cm³/mol. The number of rotatable bonds is 10. The topological polar surface area (TPSA) is 30.5 Å². The Balaban J connectivity index is 1.37. The number of halogens is 1. The first kappa shape index (κ1) is 20.1. The van der Waals surface area contributed by atoms with E-state index >= 15 is 0 Å². The highest BCUT2D eigenvalue weighted by atomic mass is 35.5. The number of hydrogen-bond acceptors (Lipinski definition) is 3. The second kappa shape index (κ2) is 10.6. The molecule has 3 rings (SSSR count). The van der Waals surface area contributed by atoms with Crippen molar-refractivity contribution >= 4 is 17.3 Å². The minimum Gasteiger partial charge on any atom is -0.494 e. The zero-order chi connectivity index (χ0) is 19.6. The fourth-order valence-electron chi connectivity index (χ4n) is 2.84. The Hall–Kier alpha value is -2.65. The highest BCUT2D eigenvalue weighted by molar-refractivity contribution is 6.32. The van der Waals surface area contributed by atoms with Crippen molar-refractivity contribution in [3.63, 3.8) is 0 Å². The zero-order valence-corrected chi connectivity index (χ0v) is 16.9. The van der Waals surface area contributed by atoms with Crippen LogP contribution < -0.4 is 14.8 Å². The van der Waals surface area contributed by atoms with Crippen molar-refractivity contribution in [3.05, 3.63) is 89.4 Å². The highest BCUT2D eigenvalue weighted by Gasteiger charge is 2.07. The lowest BCUT2D eigenvalue weighted by Gasteiger charge is -2.17. The van der Waals surface area contributed by atoms with E-state index in [9.17, 15) is 0 Å². The van der Waals surface area contributed by atoms with E-state index in [1.165, 1.54) is 5.56 Å². The molecule has 0 aliphatic heterocycles. The van der Waals surface area contributed by atoms with Crippen LogP contribution in [0.3, 0.4) is 0 Å². The molecule has 0 saturated heterocycles. The van der Waals surface area contributed by atoms with Crippen molar-refractivity contribution in [2.24, 2.45) is 0 Å². The van der Waals surface area contributed by atoms with Gasteiger partial charge in [0, 0.05) is 5.69 Å². The first-order valence-electron chi connectivity index (χ1n) is 9.62. The van der Waals surface area contributed by atoms with E-state index in [1.54, 1.807) is 0 Å². The van der Waals surface area contributed by atoms with Gasteiger partial charge in [0.05, 0.1) is 18.2 Å². The van der Waals surface area contributed by atoms with Gasteiger partial charge in [-0.15, -0.1) is 0 Å². The van der Waals surface area contributed by atoms with E-state index in [4.69, 9.17) is 21.1 Å². The van der Waals surface area contributed by atoms with Gasteiger partial charge < -0.3 is 14.8 Å². The molecule has 0 aromatic heterocycles. The van der Waals surface area contributed by atoms with Crippen LogP contribution in [0.25, 0.3) is 0 Å². The maximum Gasteiger partial charge on any atom is 0.138 e. The van der Waals surface area contributed by atoms with Gasteiger partial charge >= 0.3 is 0 Å². The Bertz CT molecular complexity index is 837. The van der Waals surface area contributed by atoms with Crippen LogP contribution in [-0.2, 0) is 6.42 Å². The molecule has 28 heavy (non-hydrogen) atoms. The molecule has 1 N–H and O–H groups in total. The summed E-state index contributed by atoms with van der Waals surface area (Å²) in [5, 5.41) is 4.00. The van der Waals surface area contributed by atoms with Crippen LogP contribution in [0.4, 0.5) is 5.69 Å². The second-order valence-electron chi connectivity index (χ2n) is 6.70. The second-order valence-corrected chi connectivity index (χ2v) is 7.11.